The van der Waals surface area contributed by atoms with Gasteiger partial charge < -0.3 is 15.2 Å². The molecule has 1 heterocycles. The largest absolute Gasteiger partial charge is 0.480 e. The van der Waals surface area contributed by atoms with Gasteiger partial charge in [-0.2, -0.15) is 10.4 Å². The molecule has 4 aromatic rings. The lowest BCUT2D eigenvalue weighted by molar-refractivity contribution is -0.139. The number of anilines is 1. The van der Waals surface area contributed by atoms with Crippen molar-refractivity contribution in [2.24, 2.45) is 7.05 Å². The fourth-order valence-corrected chi connectivity index (χ4v) is 4.63. The van der Waals surface area contributed by atoms with Gasteiger partial charge in [0.05, 0.1) is 23.0 Å². The summed E-state index contributed by atoms with van der Waals surface area (Å²) in [5, 5.41) is 29.1. The van der Waals surface area contributed by atoms with Crippen LogP contribution in [0.4, 0.5) is 10.5 Å². The zero-order chi connectivity index (χ0) is 30.4. The Hall–Kier alpha value is -5.14. The van der Waals surface area contributed by atoms with Crippen LogP contribution in [0.25, 0.3) is 11.3 Å². The maximum absolute atomic E-state index is 12.9. The summed E-state index contributed by atoms with van der Waals surface area (Å²) in [6.07, 6.45) is -1.26. The molecule has 214 valence electrons. The Balaban J connectivity index is 1.47. The first kappa shape index (κ1) is 29.8. The molecular weight excluding hydrogens is 558 g/mol. The van der Waals surface area contributed by atoms with Crippen molar-refractivity contribution >= 4 is 35.3 Å². The topological polar surface area (TPSA) is 146 Å². The van der Waals surface area contributed by atoms with Gasteiger partial charge in [0.2, 0.25) is 0 Å². The molecule has 0 saturated heterocycles. The molecule has 0 spiro atoms. The normalized spacial score (nSPS) is 12.1. The number of hydrogen-bond acceptors (Lipinski definition) is 6. The second-order valence-electron chi connectivity index (χ2n) is 9.58. The van der Waals surface area contributed by atoms with Gasteiger partial charge in [0.1, 0.15) is 17.8 Å². The van der Waals surface area contributed by atoms with Crippen LogP contribution >= 0.6 is 11.6 Å². The first-order chi connectivity index (χ1) is 20.1. The van der Waals surface area contributed by atoms with Crippen molar-refractivity contribution in [1.82, 2.24) is 15.1 Å². The lowest BCUT2D eigenvalue weighted by Gasteiger charge is -2.16. The first-order valence-electron chi connectivity index (χ1n) is 13.0. The van der Waals surface area contributed by atoms with Crippen molar-refractivity contribution in [3.63, 3.8) is 0 Å². The number of carboxylic acid groups (broad SMARTS) is 1. The predicted octanol–water partition coefficient (Wildman–Crippen LogP) is 5.66. The molecule has 4 rings (SSSR count). The number of ether oxygens (including phenoxy) is 1. The standard InChI is InChI=1S/C31H28ClN5O5/c1-18-27(35-31(41)42-19(2)24-9-4-5-10-25(24)32)28(36-37(18)3)22-11-13-23(14-12-22)29(38)34-26(30(39)40)16-20-7-6-8-21(15-20)17-33/h4-15,19,26H,16H2,1-3H3,(H,34,38)(H,35,41)(H,39,40). The van der Waals surface area contributed by atoms with Crippen molar-refractivity contribution in [1.29, 1.82) is 5.26 Å². The number of nitrogens with one attached hydrogen (secondary N) is 2. The summed E-state index contributed by atoms with van der Waals surface area (Å²) >= 11 is 6.23. The number of nitrogens with zero attached hydrogens (tertiary/aromatic N) is 3. The Morgan fingerprint density at radius 2 is 1.81 bits per heavy atom. The maximum Gasteiger partial charge on any atom is 0.412 e. The Labute approximate surface area is 247 Å². The van der Waals surface area contributed by atoms with E-state index in [2.05, 4.69) is 15.7 Å². The number of carbonyl (C=O) groups excluding carboxylic acids is 2. The third-order valence-electron chi connectivity index (χ3n) is 6.71. The smallest absolute Gasteiger partial charge is 0.412 e. The van der Waals surface area contributed by atoms with Gasteiger partial charge in [-0.05, 0) is 49.7 Å². The molecule has 0 aliphatic heterocycles. The molecule has 10 nitrogen and oxygen atoms in total. The SMILES string of the molecule is Cc1c(NC(=O)OC(C)c2ccccc2Cl)c(-c2ccc(C(=O)NC(Cc3cccc(C#N)c3)C(=O)O)cc2)nn1C. The highest BCUT2D eigenvalue weighted by Crippen LogP contribution is 2.31. The van der Waals surface area contributed by atoms with E-state index in [1.807, 2.05) is 12.1 Å². The van der Waals surface area contributed by atoms with E-state index in [1.54, 1.807) is 92.3 Å². The molecule has 0 aliphatic carbocycles. The van der Waals surface area contributed by atoms with Gasteiger partial charge in [0, 0.05) is 35.2 Å². The highest BCUT2D eigenvalue weighted by Gasteiger charge is 2.23. The minimum atomic E-state index is -1.20. The van der Waals surface area contributed by atoms with E-state index in [-0.39, 0.29) is 12.0 Å². The minimum Gasteiger partial charge on any atom is -0.480 e. The monoisotopic (exact) mass is 585 g/mol. The van der Waals surface area contributed by atoms with E-state index >= 15 is 0 Å². The predicted molar refractivity (Wildman–Crippen MR) is 157 cm³/mol. The van der Waals surface area contributed by atoms with Crippen LogP contribution < -0.4 is 10.6 Å². The zero-order valence-corrected chi connectivity index (χ0v) is 23.8. The Morgan fingerprint density at radius 3 is 2.48 bits per heavy atom. The van der Waals surface area contributed by atoms with E-state index in [0.29, 0.717) is 44.4 Å². The van der Waals surface area contributed by atoms with Crippen molar-refractivity contribution in [3.8, 4) is 17.3 Å². The van der Waals surface area contributed by atoms with Crippen LogP contribution in [-0.4, -0.2) is 38.9 Å². The van der Waals surface area contributed by atoms with Crippen LogP contribution in [0.1, 0.15) is 45.8 Å². The molecule has 0 radical (unpaired) electrons. The molecular formula is C31H28ClN5O5. The summed E-state index contributed by atoms with van der Waals surface area (Å²) in [7, 11) is 1.74. The Bertz CT molecular complexity index is 1680. The lowest BCUT2D eigenvalue weighted by atomic mass is 10.0. The fourth-order valence-electron chi connectivity index (χ4n) is 4.34. The number of carboxylic acids is 1. The van der Waals surface area contributed by atoms with Gasteiger partial charge in [0.25, 0.3) is 5.91 Å². The summed E-state index contributed by atoms with van der Waals surface area (Å²) in [6.45, 7) is 3.52. The van der Waals surface area contributed by atoms with Crippen molar-refractivity contribution in [3.05, 3.63) is 106 Å². The number of hydrogen-bond donors (Lipinski definition) is 3. The van der Waals surface area contributed by atoms with E-state index < -0.39 is 30.1 Å². The number of rotatable bonds is 9. The molecule has 1 aromatic heterocycles. The summed E-state index contributed by atoms with van der Waals surface area (Å²) in [6, 6.07) is 20.9. The number of aromatic nitrogens is 2. The summed E-state index contributed by atoms with van der Waals surface area (Å²) in [5.74, 6) is -1.77. The molecule has 0 saturated carbocycles. The second kappa shape index (κ2) is 13.0. The molecule has 42 heavy (non-hydrogen) atoms. The number of amides is 2. The van der Waals surface area contributed by atoms with Gasteiger partial charge in [-0.25, -0.2) is 9.59 Å². The van der Waals surface area contributed by atoms with Crippen LogP contribution in [0, 0.1) is 18.3 Å². The highest BCUT2D eigenvalue weighted by atomic mass is 35.5. The molecule has 0 bridgehead atoms. The quantitative estimate of drug-likeness (QED) is 0.230. The van der Waals surface area contributed by atoms with Crippen molar-refractivity contribution in [2.45, 2.75) is 32.4 Å². The number of aliphatic carboxylic acids is 1. The van der Waals surface area contributed by atoms with Crippen molar-refractivity contribution < 1.29 is 24.2 Å². The van der Waals surface area contributed by atoms with Crippen LogP contribution in [0.2, 0.25) is 5.02 Å². The van der Waals surface area contributed by atoms with E-state index in [0.717, 1.165) is 0 Å². The van der Waals surface area contributed by atoms with Gasteiger partial charge in [0.15, 0.2) is 0 Å². The van der Waals surface area contributed by atoms with Gasteiger partial charge >= 0.3 is 12.1 Å². The lowest BCUT2D eigenvalue weighted by Crippen LogP contribution is -2.42. The Morgan fingerprint density at radius 1 is 1.10 bits per heavy atom. The molecule has 3 aromatic carbocycles. The molecule has 0 aliphatic rings. The molecule has 2 unspecified atom stereocenters. The average molecular weight is 586 g/mol. The Kier molecular flexibility index (Phi) is 9.25. The van der Waals surface area contributed by atoms with E-state index in [4.69, 9.17) is 21.6 Å². The summed E-state index contributed by atoms with van der Waals surface area (Å²) in [5.41, 5.74) is 4.13. The third-order valence-corrected chi connectivity index (χ3v) is 7.05. The minimum absolute atomic E-state index is 0.0160. The number of carbonyl (C=O) groups is 3. The van der Waals surface area contributed by atoms with Gasteiger partial charge in [-0.15, -0.1) is 0 Å². The van der Waals surface area contributed by atoms with E-state index in [9.17, 15) is 19.5 Å². The highest BCUT2D eigenvalue weighted by molar-refractivity contribution is 6.31. The number of nitriles is 1. The van der Waals surface area contributed by atoms with Gasteiger partial charge in [-0.3, -0.25) is 14.8 Å². The van der Waals surface area contributed by atoms with Crippen LogP contribution in [-0.2, 0) is 23.0 Å². The summed E-state index contributed by atoms with van der Waals surface area (Å²) < 4.78 is 7.16. The maximum atomic E-state index is 12.9. The molecule has 0 fully saturated rings. The van der Waals surface area contributed by atoms with E-state index in [1.165, 1.54) is 0 Å². The average Bonchev–Trinajstić information content (AvgIpc) is 3.25. The first-order valence-corrected chi connectivity index (χ1v) is 13.3. The number of halogens is 1. The van der Waals surface area contributed by atoms with Crippen LogP contribution in [0.3, 0.4) is 0 Å². The van der Waals surface area contributed by atoms with Crippen LogP contribution in [0.15, 0.2) is 72.8 Å². The zero-order valence-electron chi connectivity index (χ0n) is 23.1. The molecule has 2 amide bonds. The van der Waals surface area contributed by atoms with Crippen molar-refractivity contribution in [2.75, 3.05) is 5.32 Å². The second-order valence-corrected chi connectivity index (χ2v) is 9.99. The van der Waals surface area contributed by atoms with Gasteiger partial charge in [-0.1, -0.05) is 54.1 Å². The number of benzene rings is 3. The molecule has 3 N–H and O–H groups in total. The molecule has 11 heteroatoms. The van der Waals surface area contributed by atoms with Crippen LogP contribution in [0.5, 0.6) is 0 Å². The third kappa shape index (κ3) is 6.95. The number of aryl methyl sites for hydroxylation is 1. The summed E-state index contributed by atoms with van der Waals surface area (Å²) in [4.78, 5) is 37.5. The fraction of sp³-hybridized carbons (Fsp3) is 0.194. The molecule has 2 atom stereocenters.